The molecule has 222 valence electrons. The molecule has 1 saturated heterocycles. The van der Waals surface area contributed by atoms with E-state index in [0.717, 1.165) is 32.1 Å². The maximum Gasteiger partial charge on any atom is 0.310 e. The number of benzene rings is 2. The zero-order chi connectivity index (χ0) is 29.3. The number of halogens is 2. The molecule has 1 aliphatic carbocycles. The van der Waals surface area contributed by atoms with E-state index in [2.05, 4.69) is 6.92 Å². The minimum absolute atomic E-state index is 0.0473. The van der Waals surface area contributed by atoms with Gasteiger partial charge >= 0.3 is 11.9 Å². The molecule has 9 nitrogen and oxygen atoms in total. The van der Waals surface area contributed by atoms with E-state index in [-0.39, 0.29) is 46.7 Å². The highest BCUT2D eigenvalue weighted by Gasteiger charge is 2.55. The first-order valence-electron chi connectivity index (χ1n) is 13.8. The van der Waals surface area contributed by atoms with Crippen molar-refractivity contribution in [2.24, 2.45) is 11.8 Å². The molecule has 3 aliphatic rings. The summed E-state index contributed by atoms with van der Waals surface area (Å²) >= 11 is 13.9. The lowest BCUT2D eigenvalue weighted by Gasteiger charge is -2.39. The van der Waals surface area contributed by atoms with Crippen LogP contribution in [0.1, 0.15) is 74.2 Å². The molecule has 0 radical (unpaired) electrons. The van der Waals surface area contributed by atoms with Gasteiger partial charge in [0.1, 0.15) is 6.10 Å². The van der Waals surface area contributed by atoms with Gasteiger partial charge in [0.2, 0.25) is 12.5 Å². The van der Waals surface area contributed by atoms with Gasteiger partial charge in [-0.1, -0.05) is 55.8 Å². The second-order valence-electron chi connectivity index (χ2n) is 10.3. The van der Waals surface area contributed by atoms with Crippen molar-refractivity contribution in [1.29, 1.82) is 0 Å². The molecule has 0 unspecified atom stereocenters. The largest absolute Gasteiger partial charge is 0.491 e. The zero-order valence-electron chi connectivity index (χ0n) is 23.6. The summed E-state index contributed by atoms with van der Waals surface area (Å²) in [4.78, 5) is 26.5. The highest BCUT2D eigenvalue weighted by Crippen LogP contribution is 2.60. The quantitative estimate of drug-likeness (QED) is 0.205. The molecule has 4 atom stereocenters. The third-order valence-corrected chi connectivity index (χ3v) is 8.82. The van der Waals surface area contributed by atoms with Crippen LogP contribution in [-0.2, 0) is 19.1 Å². The summed E-state index contributed by atoms with van der Waals surface area (Å²) in [6, 6.07) is 3.61. The molecule has 41 heavy (non-hydrogen) atoms. The van der Waals surface area contributed by atoms with E-state index in [9.17, 15) is 9.59 Å². The van der Waals surface area contributed by atoms with E-state index < -0.39 is 29.8 Å². The highest BCUT2D eigenvalue weighted by atomic mass is 35.5. The van der Waals surface area contributed by atoms with Crippen LogP contribution in [0.3, 0.4) is 0 Å². The van der Waals surface area contributed by atoms with Gasteiger partial charge in [-0.05, 0) is 24.1 Å². The topological polar surface area (TPSA) is 98.8 Å². The first-order valence-corrected chi connectivity index (χ1v) is 14.6. The van der Waals surface area contributed by atoms with Crippen molar-refractivity contribution in [3.63, 3.8) is 0 Å². The monoisotopic (exact) mass is 608 g/mol. The molecule has 2 heterocycles. The van der Waals surface area contributed by atoms with E-state index >= 15 is 0 Å². The minimum atomic E-state index is -0.761. The Morgan fingerprint density at radius 3 is 2.10 bits per heavy atom. The van der Waals surface area contributed by atoms with E-state index in [1.165, 1.54) is 21.3 Å². The van der Waals surface area contributed by atoms with E-state index in [4.69, 9.17) is 56.4 Å². The van der Waals surface area contributed by atoms with Crippen LogP contribution in [0, 0.1) is 11.8 Å². The number of carbonyl (C=O) groups excluding carboxylic acids is 2. The van der Waals surface area contributed by atoms with Gasteiger partial charge in [0.25, 0.3) is 0 Å². The number of fused-ring (bicyclic) bond motifs is 3. The van der Waals surface area contributed by atoms with Gasteiger partial charge in [-0.2, -0.15) is 0 Å². The lowest BCUT2D eigenvalue weighted by molar-refractivity contribution is -0.154. The SMILES string of the molecule is CCCCCCCC(=O)O[C@@H]1c2cc3c(cc2[C@@H](c2c(Cl)c(OC)c(OC)c(OC)c2Cl)[C@H]2C(=O)OC[C@@H]21)OCO3. The number of methoxy groups -OCH3 is 3. The number of unbranched alkanes of at least 4 members (excludes halogenated alkanes) is 4. The van der Waals surface area contributed by atoms with Crippen LogP contribution < -0.4 is 23.7 Å². The molecular weight excluding hydrogens is 575 g/mol. The van der Waals surface area contributed by atoms with Crippen molar-refractivity contribution in [2.75, 3.05) is 34.7 Å². The van der Waals surface area contributed by atoms with Crippen LogP contribution in [0.5, 0.6) is 28.7 Å². The zero-order valence-corrected chi connectivity index (χ0v) is 25.1. The van der Waals surface area contributed by atoms with Gasteiger partial charge < -0.3 is 33.2 Å². The van der Waals surface area contributed by atoms with E-state index in [1.54, 1.807) is 6.07 Å². The molecule has 0 spiro atoms. The lowest BCUT2D eigenvalue weighted by atomic mass is 9.66. The number of rotatable bonds is 11. The van der Waals surface area contributed by atoms with Crippen LogP contribution in [0.15, 0.2) is 12.1 Å². The van der Waals surface area contributed by atoms with Gasteiger partial charge in [-0.25, -0.2) is 0 Å². The predicted molar refractivity (Wildman–Crippen MR) is 151 cm³/mol. The van der Waals surface area contributed by atoms with Crippen LogP contribution in [0.4, 0.5) is 0 Å². The Morgan fingerprint density at radius 2 is 1.49 bits per heavy atom. The average Bonchev–Trinajstić information content (AvgIpc) is 3.59. The van der Waals surface area contributed by atoms with Gasteiger partial charge in [0.05, 0.1) is 43.9 Å². The fraction of sp³-hybridized carbons (Fsp3) is 0.533. The second kappa shape index (κ2) is 12.4. The van der Waals surface area contributed by atoms with E-state index in [1.807, 2.05) is 6.07 Å². The fourth-order valence-electron chi connectivity index (χ4n) is 6.15. The number of esters is 2. The predicted octanol–water partition coefficient (Wildman–Crippen LogP) is 6.63. The van der Waals surface area contributed by atoms with Crippen LogP contribution in [-0.4, -0.2) is 46.7 Å². The van der Waals surface area contributed by atoms with Crippen molar-refractivity contribution in [2.45, 2.75) is 57.5 Å². The van der Waals surface area contributed by atoms with Crippen molar-refractivity contribution in [1.82, 2.24) is 0 Å². The molecule has 2 aromatic rings. The van der Waals surface area contributed by atoms with Gasteiger partial charge in [-0.3, -0.25) is 9.59 Å². The smallest absolute Gasteiger partial charge is 0.310 e. The van der Waals surface area contributed by atoms with Crippen molar-refractivity contribution >= 4 is 35.1 Å². The first-order chi connectivity index (χ1) is 19.9. The second-order valence-corrected chi connectivity index (χ2v) is 11.1. The Balaban J connectivity index is 1.63. The van der Waals surface area contributed by atoms with Crippen LogP contribution in [0.2, 0.25) is 10.0 Å². The molecule has 0 N–H and O–H groups in total. The Hall–Kier alpha value is -3.04. The van der Waals surface area contributed by atoms with Crippen molar-refractivity contribution < 1.29 is 42.7 Å². The molecule has 5 rings (SSSR count). The maximum absolute atomic E-state index is 13.4. The third kappa shape index (κ3) is 5.23. The van der Waals surface area contributed by atoms with Crippen LogP contribution >= 0.6 is 23.2 Å². The van der Waals surface area contributed by atoms with Gasteiger partial charge in [0, 0.05) is 29.4 Å². The number of ether oxygens (including phenoxy) is 7. The number of hydrogen-bond acceptors (Lipinski definition) is 9. The lowest BCUT2D eigenvalue weighted by Crippen LogP contribution is -2.37. The molecule has 2 aromatic carbocycles. The number of cyclic esters (lactones) is 1. The molecule has 0 aromatic heterocycles. The summed E-state index contributed by atoms with van der Waals surface area (Å²) in [5, 5.41) is 0.342. The van der Waals surface area contributed by atoms with Crippen molar-refractivity contribution in [3.8, 4) is 28.7 Å². The average molecular weight is 609 g/mol. The molecule has 1 fully saturated rings. The Bertz CT molecular complexity index is 1300. The summed E-state index contributed by atoms with van der Waals surface area (Å²) in [5.74, 6) is -1.03. The third-order valence-electron chi connectivity index (χ3n) is 8.07. The summed E-state index contributed by atoms with van der Waals surface area (Å²) in [6.07, 6.45) is 4.58. The standard InChI is InChI=1S/C30H34Cl2O9/c1-5-6-7-8-9-10-20(33)41-26-16-12-19-18(39-14-40-19)11-15(16)21(22-17(26)13-38-30(22)34)23-24(31)27(35-2)29(37-4)28(36-3)25(23)32/h11-12,17,21-22,26H,5-10,13-14H2,1-4H3/t17-,21+,22-,26+/m0/s1. The number of hydrogen-bond donors (Lipinski definition) is 0. The fourth-order valence-corrected chi connectivity index (χ4v) is 6.95. The molecule has 0 amide bonds. The van der Waals surface area contributed by atoms with Gasteiger partial charge in [-0.15, -0.1) is 0 Å². The number of carbonyl (C=O) groups is 2. The molecule has 11 heteroatoms. The minimum Gasteiger partial charge on any atom is -0.491 e. The Morgan fingerprint density at radius 1 is 0.878 bits per heavy atom. The summed E-state index contributed by atoms with van der Waals surface area (Å²) in [6.45, 7) is 2.26. The molecule has 2 aliphatic heterocycles. The molecule has 0 saturated carbocycles. The highest BCUT2D eigenvalue weighted by molar-refractivity contribution is 6.38. The first kappa shape index (κ1) is 29.5. The summed E-state index contributed by atoms with van der Waals surface area (Å²) in [5.41, 5.74) is 1.75. The maximum atomic E-state index is 13.4. The van der Waals surface area contributed by atoms with Gasteiger partial charge in [0.15, 0.2) is 23.0 Å². The summed E-state index contributed by atoms with van der Waals surface area (Å²) < 4.78 is 39.8. The van der Waals surface area contributed by atoms with Crippen LogP contribution in [0.25, 0.3) is 0 Å². The van der Waals surface area contributed by atoms with E-state index in [0.29, 0.717) is 34.6 Å². The summed E-state index contributed by atoms with van der Waals surface area (Å²) in [7, 11) is 4.37. The molecule has 0 bridgehead atoms. The Labute approximate surface area is 249 Å². The van der Waals surface area contributed by atoms with Crippen molar-refractivity contribution in [3.05, 3.63) is 38.9 Å². The Kier molecular flexibility index (Phi) is 8.94. The normalized spacial score (nSPS) is 22.0. The molecular formula is C30H34Cl2O9.